The summed E-state index contributed by atoms with van der Waals surface area (Å²) in [6.45, 7) is 1.10. The number of rotatable bonds is 12. The van der Waals surface area contributed by atoms with Gasteiger partial charge in [0.15, 0.2) is 0 Å². The maximum atomic E-state index is 12.5. The summed E-state index contributed by atoms with van der Waals surface area (Å²) in [7, 11) is 0. The molecule has 1 saturated heterocycles. The van der Waals surface area contributed by atoms with E-state index in [1.54, 1.807) is 0 Å². The van der Waals surface area contributed by atoms with Crippen molar-refractivity contribution in [3.8, 4) is 0 Å². The minimum Gasteiger partial charge on any atom is -0.481 e. The normalized spacial score (nSPS) is 16.8. The fourth-order valence-corrected chi connectivity index (χ4v) is 3.73. The first-order valence-electron chi connectivity index (χ1n) is 11.0. The second kappa shape index (κ2) is 13.8. The molecule has 0 bridgehead atoms. The number of unbranched alkanes of at least 4 members (excludes halogenated alkanes) is 5. The minimum atomic E-state index is -0.700. The van der Waals surface area contributed by atoms with Crippen molar-refractivity contribution in [2.45, 2.75) is 83.3 Å². The van der Waals surface area contributed by atoms with Gasteiger partial charge in [-0.05, 0) is 50.5 Å². The number of piperidine rings is 1. The van der Waals surface area contributed by atoms with E-state index in [4.69, 9.17) is 9.84 Å². The fourth-order valence-electron chi connectivity index (χ4n) is 3.73. The van der Waals surface area contributed by atoms with Gasteiger partial charge in [-0.3, -0.25) is 4.79 Å². The molecule has 1 heterocycles. The Morgan fingerprint density at radius 2 is 1.79 bits per heavy atom. The summed E-state index contributed by atoms with van der Waals surface area (Å²) in [6.07, 6.45) is 14.8. The number of carboxylic acids is 1. The van der Waals surface area contributed by atoms with Crippen LogP contribution in [0.1, 0.15) is 76.2 Å². The summed E-state index contributed by atoms with van der Waals surface area (Å²) in [4.78, 5) is 24.9. The lowest BCUT2D eigenvalue weighted by Gasteiger charge is -2.34. The highest BCUT2D eigenvalue weighted by atomic mass is 16.6. The summed E-state index contributed by atoms with van der Waals surface area (Å²) in [5.74, 6) is -0.700. The molecule has 1 aromatic rings. The SMILES string of the molecule is O=C(O)CCCCCCC/C=C\C[C@@H]1CCCCN1C(=O)OCc1ccccc1. The first-order valence-corrected chi connectivity index (χ1v) is 11.0. The molecule has 1 atom stereocenters. The van der Waals surface area contributed by atoms with E-state index in [2.05, 4.69) is 12.2 Å². The molecule has 160 valence electrons. The van der Waals surface area contributed by atoms with Crippen molar-refractivity contribution < 1.29 is 19.4 Å². The summed E-state index contributed by atoms with van der Waals surface area (Å²) in [5, 5.41) is 8.61. The van der Waals surface area contributed by atoms with E-state index < -0.39 is 5.97 Å². The maximum absolute atomic E-state index is 12.5. The lowest BCUT2D eigenvalue weighted by atomic mass is 9.99. The standard InChI is InChI=1S/C24H35NO4/c26-23(27)18-11-6-4-2-1-3-5-10-16-22-17-12-13-19-25(22)24(28)29-20-21-14-8-7-9-15-21/h5,7-10,14-15,22H,1-4,6,11-13,16-20H2,(H,26,27)/b10-5-/t22-/m1/s1. The number of allylic oxidation sites excluding steroid dienone is 1. The molecule has 1 aliphatic heterocycles. The molecule has 0 unspecified atom stereocenters. The second-order valence-corrected chi connectivity index (χ2v) is 7.79. The molecule has 1 amide bonds. The Morgan fingerprint density at radius 1 is 1.03 bits per heavy atom. The van der Waals surface area contributed by atoms with Gasteiger partial charge in [0.05, 0.1) is 0 Å². The number of aliphatic carboxylic acids is 1. The fraction of sp³-hybridized carbons (Fsp3) is 0.583. The first-order chi connectivity index (χ1) is 14.2. The van der Waals surface area contributed by atoms with Gasteiger partial charge in [0, 0.05) is 19.0 Å². The van der Waals surface area contributed by atoms with Crippen LogP contribution in [-0.4, -0.2) is 34.7 Å². The Hall–Kier alpha value is -2.30. The van der Waals surface area contributed by atoms with Crippen LogP contribution in [0.25, 0.3) is 0 Å². The van der Waals surface area contributed by atoms with Gasteiger partial charge in [0.25, 0.3) is 0 Å². The van der Waals surface area contributed by atoms with Crippen molar-refractivity contribution in [2.75, 3.05) is 6.54 Å². The minimum absolute atomic E-state index is 0.201. The van der Waals surface area contributed by atoms with Crippen LogP contribution < -0.4 is 0 Å². The van der Waals surface area contributed by atoms with E-state index in [9.17, 15) is 9.59 Å². The molecule has 5 heteroatoms. The maximum Gasteiger partial charge on any atom is 0.410 e. The number of hydrogen-bond acceptors (Lipinski definition) is 3. The van der Waals surface area contributed by atoms with E-state index in [1.807, 2.05) is 35.2 Å². The Balaban J connectivity index is 1.62. The number of ether oxygens (including phenoxy) is 1. The topological polar surface area (TPSA) is 66.8 Å². The number of benzene rings is 1. The van der Waals surface area contributed by atoms with Crippen molar-refractivity contribution in [3.05, 3.63) is 48.0 Å². The van der Waals surface area contributed by atoms with Crippen LogP contribution in [0.15, 0.2) is 42.5 Å². The molecule has 0 radical (unpaired) electrons. The van der Waals surface area contributed by atoms with Gasteiger partial charge in [-0.25, -0.2) is 4.79 Å². The van der Waals surface area contributed by atoms with Crippen LogP contribution in [0.5, 0.6) is 0 Å². The molecule has 1 aromatic carbocycles. The van der Waals surface area contributed by atoms with Crippen molar-refractivity contribution in [1.82, 2.24) is 4.90 Å². The van der Waals surface area contributed by atoms with E-state index in [1.165, 1.54) is 0 Å². The molecule has 1 aliphatic rings. The average molecular weight is 402 g/mol. The van der Waals surface area contributed by atoms with Gasteiger partial charge in [-0.15, -0.1) is 0 Å². The van der Waals surface area contributed by atoms with Crippen LogP contribution in [0.4, 0.5) is 4.79 Å². The van der Waals surface area contributed by atoms with Crippen LogP contribution in [0, 0.1) is 0 Å². The zero-order chi connectivity index (χ0) is 20.7. The van der Waals surface area contributed by atoms with Crippen molar-refractivity contribution in [3.63, 3.8) is 0 Å². The number of likely N-dealkylation sites (tertiary alicyclic amines) is 1. The molecule has 0 aromatic heterocycles. The zero-order valence-corrected chi connectivity index (χ0v) is 17.4. The monoisotopic (exact) mass is 401 g/mol. The van der Waals surface area contributed by atoms with E-state index >= 15 is 0 Å². The largest absolute Gasteiger partial charge is 0.481 e. The summed E-state index contributed by atoms with van der Waals surface area (Å²) >= 11 is 0. The second-order valence-electron chi connectivity index (χ2n) is 7.79. The van der Waals surface area contributed by atoms with Crippen molar-refractivity contribution in [2.24, 2.45) is 0 Å². The van der Waals surface area contributed by atoms with Crippen molar-refractivity contribution in [1.29, 1.82) is 0 Å². The van der Waals surface area contributed by atoms with Gasteiger partial charge in [0.1, 0.15) is 6.61 Å². The molecule has 0 aliphatic carbocycles. The van der Waals surface area contributed by atoms with E-state index in [0.717, 1.165) is 76.3 Å². The predicted molar refractivity (Wildman–Crippen MR) is 115 cm³/mol. The van der Waals surface area contributed by atoms with Crippen molar-refractivity contribution >= 4 is 12.1 Å². The van der Waals surface area contributed by atoms with Crippen LogP contribution in [0.3, 0.4) is 0 Å². The highest BCUT2D eigenvalue weighted by Gasteiger charge is 2.26. The van der Waals surface area contributed by atoms with Crippen LogP contribution >= 0.6 is 0 Å². The Labute approximate surface area is 174 Å². The number of carbonyl (C=O) groups is 2. The predicted octanol–water partition coefficient (Wildman–Crippen LogP) is 5.94. The summed E-state index contributed by atoms with van der Waals surface area (Å²) < 4.78 is 5.53. The molecule has 5 nitrogen and oxygen atoms in total. The lowest BCUT2D eigenvalue weighted by Crippen LogP contribution is -2.43. The van der Waals surface area contributed by atoms with Gasteiger partial charge < -0.3 is 14.7 Å². The molecule has 29 heavy (non-hydrogen) atoms. The molecular weight excluding hydrogens is 366 g/mol. The van der Waals surface area contributed by atoms with Crippen LogP contribution in [0.2, 0.25) is 0 Å². The quantitative estimate of drug-likeness (QED) is 0.348. The van der Waals surface area contributed by atoms with Gasteiger partial charge in [0.2, 0.25) is 0 Å². The zero-order valence-electron chi connectivity index (χ0n) is 17.4. The molecule has 0 spiro atoms. The number of carbonyl (C=O) groups excluding carboxylic acids is 1. The third kappa shape index (κ3) is 9.64. The molecule has 1 N–H and O–H groups in total. The Bertz CT molecular complexity index is 629. The Morgan fingerprint density at radius 3 is 2.59 bits per heavy atom. The molecule has 0 saturated carbocycles. The Kier molecular flexibility index (Phi) is 10.9. The summed E-state index contributed by atoms with van der Waals surface area (Å²) in [6, 6.07) is 10.0. The van der Waals surface area contributed by atoms with Crippen LogP contribution in [-0.2, 0) is 16.1 Å². The molecule has 2 rings (SSSR count). The number of carboxylic acid groups (broad SMARTS) is 1. The van der Waals surface area contributed by atoms with Gasteiger partial charge in [-0.2, -0.15) is 0 Å². The highest BCUT2D eigenvalue weighted by molar-refractivity contribution is 5.68. The lowest BCUT2D eigenvalue weighted by molar-refractivity contribution is -0.137. The third-order valence-corrected chi connectivity index (χ3v) is 5.40. The molecular formula is C24H35NO4. The van der Waals surface area contributed by atoms with E-state index in [-0.39, 0.29) is 18.6 Å². The number of amides is 1. The van der Waals surface area contributed by atoms with E-state index in [0.29, 0.717) is 6.61 Å². The van der Waals surface area contributed by atoms with Gasteiger partial charge >= 0.3 is 12.1 Å². The smallest absolute Gasteiger partial charge is 0.410 e. The first kappa shape index (κ1) is 23.0. The molecule has 1 fully saturated rings. The number of hydrogen-bond donors (Lipinski definition) is 1. The number of nitrogens with zero attached hydrogens (tertiary/aromatic N) is 1. The highest BCUT2D eigenvalue weighted by Crippen LogP contribution is 2.21. The van der Waals surface area contributed by atoms with Gasteiger partial charge in [-0.1, -0.05) is 61.7 Å². The third-order valence-electron chi connectivity index (χ3n) is 5.40. The summed E-state index contributed by atoms with van der Waals surface area (Å²) in [5.41, 5.74) is 1.01. The average Bonchev–Trinajstić information content (AvgIpc) is 2.74.